The number of carbonyl (C=O) groups excluding carboxylic acids is 7. The van der Waals surface area contributed by atoms with E-state index in [-0.39, 0.29) is 63.0 Å². The van der Waals surface area contributed by atoms with E-state index in [1.165, 1.54) is 42.8 Å². The highest BCUT2D eigenvalue weighted by Crippen LogP contribution is 2.19. The molecule has 2 fully saturated rings. The van der Waals surface area contributed by atoms with Crippen molar-refractivity contribution in [1.29, 1.82) is 0 Å². The van der Waals surface area contributed by atoms with Crippen LogP contribution in [0.25, 0.3) is 0 Å². The van der Waals surface area contributed by atoms with Crippen LogP contribution in [0.4, 0.5) is 9.59 Å². The quantitative estimate of drug-likeness (QED) is 0.174. The Morgan fingerprint density at radius 1 is 0.630 bits per heavy atom. The van der Waals surface area contributed by atoms with Crippen molar-refractivity contribution >= 4 is 58.8 Å². The fraction of sp³-hybridized carbons (Fsp3) is 0.733. The fourth-order valence-electron chi connectivity index (χ4n) is 4.42. The zero-order valence-electron chi connectivity index (χ0n) is 28.5. The summed E-state index contributed by atoms with van der Waals surface area (Å²) in [4.78, 5) is 89.0. The maximum atomic E-state index is 12.3. The van der Waals surface area contributed by atoms with Crippen LogP contribution >= 0.6 is 12.2 Å². The first-order chi connectivity index (χ1) is 21.1. The molecule has 2 aliphatic heterocycles. The molecular weight excluding hydrogens is 624 g/mol. The Hall–Kier alpha value is -3.82. The lowest BCUT2D eigenvalue weighted by Gasteiger charge is -2.41. The zero-order chi connectivity index (χ0) is 35.6. The molecule has 0 radical (unpaired) electrons. The van der Waals surface area contributed by atoms with E-state index in [1.807, 2.05) is 0 Å². The molecule has 3 amide bonds. The van der Waals surface area contributed by atoms with E-state index in [1.54, 1.807) is 46.4 Å². The number of piperazine rings is 2. The van der Waals surface area contributed by atoms with Gasteiger partial charge < -0.3 is 28.7 Å². The number of amides is 3. The predicted molar refractivity (Wildman–Crippen MR) is 169 cm³/mol. The van der Waals surface area contributed by atoms with E-state index >= 15 is 0 Å². The Balaban J connectivity index is 0.000000460. The molecule has 2 atom stereocenters. The molecule has 46 heavy (non-hydrogen) atoms. The number of ether oxygens (including phenoxy) is 4. The molecule has 2 saturated heterocycles. The predicted octanol–water partition coefficient (Wildman–Crippen LogP) is 1.97. The normalized spacial score (nSPS) is 18.4. The number of Topliss-reactive ketones (excluding diaryl/α,β-unsaturated/α-hetero) is 2. The molecule has 0 aliphatic carbocycles. The van der Waals surface area contributed by atoms with Crippen molar-refractivity contribution in [2.24, 2.45) is 0 Å². The van der Waals surface area contributed by atoms with Gasteiger partial charge in [-0.3, -0.25) is 24.2 Å². The standard InChI is InChI=1S/C15H24N2O6.C15H24N2O5S/c1-10(18)8-12(19)16-6-7-17(11(9-16)13(20)22-5)14(21)23-15(2,3)4;1-10(18)8-12(23)16-6-7-17(11(9-16)13(19)21-5)14(20)22-15(2,3)4/h2*11H,6-9H2,1-5H3/t2*11-/m00/s1. The van der Waals surface area contributed by atoms with Gasteiger partial charge in [-0.25, -0.2) is 19.2 Å². The third kappa shape index (κ3) is 13.3. The summed E-state index contributed by atoms with van der Waals surface area (Å²) in [6.45, 7) is 14.5. The van der Waals surface area contributed by atoms with Crippen molar-refractivity contribution < 1.29 is 52.5 Å². The van der Waals surface area contributed by atoms with Gasteiger partial charge in [-0.1, -0.05) is 12.2 Å². The summed E-state index contributed by atoms with van der Waals surface area (Å²) in [6.07, 6.45) is -1.27. The average Bonchev–Trinajstić information content (AvgIpc) is 2.93. The molecule has 15 nitrogen and oxygen atoms in total. The molecule has 0 bridgehead atoms. The summed E-state index contributed by atoms with van der Waals surface area (Å²) in [5.74, 6) is -1.82. The lowest BCUT2D eigenvalue weighted by atomic mass is 10.1. The second-order valence-corrected chi connectivity index (χ2v) is 13.3. The lowest BCUT2D eigenvalue weighted by Crippen LogP contribution is -2.60. The van der Waals surface area contributed by atoms with Crippen molar-refractivity contribution in [2.45, 2.75) is 91.5 Å². The van der Waals surface area contributed by atoms with Crippen LogP contribution in [0, 0.1) is 0 Å². The van der Waals surface area contributed by atoms with E-state index in [0.717, 1.165) is 0 Å². The molecule has 16 heteroatoms. The molecule has 2 heterocycles. The van der Waals surface area contributed by atoms with Gasteiger partial charge in [-0.2, -0.15) is 0 Å². The highest BCUT2D eigenvalue weighted by Gasteiger charge is 2.40. The summed E-state index contributed by atoms with van der Waals surface area (Å²) in [7, 11) is 2.48. The number of ketones is 2. The first-order valence-electron chi connectivity index (χ1n) is 14.8. The van der Waals surface area contributed by atoms with Crippen molar-refractivity contribution in [3.05, 3.63) is 0 Å². The molecule has 0 N–H and O–H groups in total. The fourth-order valence-corrected chi connectivity index (χ4v) is 4.79. The van der Waals surface area contributed by atoms with Crippen molar-refractivity contribution in [1.82, 2.24) is 19.6 Å². The third-order valence-corrected chi connectivity index (χ3v) is 6.87. The van der Waals surface area contributed by atoms with Crippen LogP contribution in [0.2, 0.25) is 0 Å². The monoisotopic (exact) mass is 672 g/mol. The summed E-state index contributed by atoms with van der Waals surface area (Å²) in [5.41, 5.74) is -1.35. The van der Waals surface area contributed by atoms with Gasteiger partial charge in [-0.05, 0) is 55.4 Å². The average molecular weight is 673 g/mol. The molecule has 0 saturated carbocycles. The van der Waals surface area contributed by atoms with Crippen LogP contribution in [-0.4, -0.2) is 143 Å². The minimum Gasteiger partial charge on any atom is -0.467 e. The van der Waals surface area contributed by atoms with Crippen LogP contribution in [0.1, 0.15) is 68.2 Å². The Kier molecular flexibility index (Phi) is 15.0. The van der Waals surface area contributed by atoms with Crippen LogP contribution in [-0.2, 0) is 42.9 Å². The highest BCUT2D eigenvalue weighted by atomic mass is 32.1. The lowest BCUT2D eigenvalue weighted by molar-refractivity contribution is -0.151. The molecule has 260 valence electrons. The van der Waals surface area contributed by atoms with Crippen molar-refractivity contribution in [2.75, 3.05) is 53.5 Å². The van der Waals surface area contributed by atoms with E-state index in [2.05, 4.69) is 0 Å². The Labute approximate surface area is 275 Å². The topological polar surface area (TPSA) is 169 Å². The number of rotatable bonds is 6. The number of esters is 2. The number of hydrogen-bond donors (Lipinski definition) is 0. The number of nitrogens with zero attached hydrogens (tertiary/aromatic N) is 4. The van der Waals surface area contributed by atoms with Gasteiger partial charge in [0.1, 0.15) is 22.8 Å². The smallest absolute Gasteiger partial charge is 0.411 e. The van der Waals surface area contributed by atoms with Gasteiger partial charge >= 0.3 is 24.1 Å². The minimum absolute atomic E-state index is 0.0158. The van der Waals surface area contributed by atoms with E-state index in [9.17, 15) is 33.6 Å². The second kappa shape index (κ2) is 17.2. The van der Waals surface area contributed by atoms with Crippen LogP contribution in [0.5, 0.6) is 0 Å². The van der Waals surface area contributed by atoms with Crippen LogP contribution in [0.15, 0.2) is 0 Å². The maximum absolute atomic E-state index is 12.3. The SMILES string of the molecule is COC(=O)[C@@H]1CN(C(=O)CC(C)=O)CCN1C(=O)OC(C)(C)C.COC(=O)[C@@H]1CN(C(=S)CC(C)=O)CCN1C(=O)OC(C)(C)C. The zero-order valence-corrected chi connectivity index (χ0v) is 29.3. The molecule has 0 spiro atoms. The number of methoxy groups -OCH3 is 2. The van der Waals surface area contributed by atoms with Gasteiger partial charge in [0, 0.05) is 32.7 Å². The van der Waals surface area contributed by atoms with Gasteiger partial charge in [0.2, 0.25) is 5.91 Å². The second-order valence-electron chi connectivity index (χ2n) is 12.9. The van der Waals surface area contributed by atoms with Gasteiger partial charge in [0.25, 0.3) is 0 Å². The Morgan fingerprint density at radius 2 is 1.00 bits per heavy atom. The molecule has 0 aromatic heterocycles. The first-order valence-corrected chi connectivity index (χ1v) is 15.2. The van der Waals surface area contributed by atoms with Crippen LogP contribution < -0.4 is 0 Å². The highest BCUT2D eigenvalue weighted by molar-refractivity contribution is 7.80. The van der Waals surface area contributed by atoms with Crippen LogP contribution in [0.3, 0.4) is 0 Å². The Bertz CT molecular complexity index is 1090. The number of thiocarbonyl (C=S) groups is 1. The number of hydrogen-bond acceptors (Lipinski definition) is 12. The van der Waals surface area contributed by atoms with Crippen molar-refractivity contribution in [3.8, 4) is 0 Å². The summed E-state index contributed by atoms with van der Waals surface area (Å²) < 4.78 is 20.1. The van der Waals surface area contributed by atoms with Gasteiger partial charge in [-0.15, -0.1) is 0 Å². The molecule has 0 unspecified atom stereocenters. The Morgan fingerprint density at radius 3 is 1.35 bits per heavy atom. The molecule has 0 aromatic rings. The summed E-state index contributed by atoms with van der Waals surface area (Å²) in [6, 6.07) is -1.76. The maximum Gasteiger partial charge on any atom is 0.411 e. The molecule has 2 rings (SSSR count). The summed E-state index contributed by atoms with van der Waals surface area (Å²) in [5, 5.41) is 0. The number of carbonyl (C=O) groups is 7. The van der Waals surface area contributed by atoms with E-state index < -0.39 is 47.4 Å². The summed E-state index contributed by atoms with van der Waals surface area (Å²) >= 11 is 5.24. The van der Waals surface area contributed by atoms with E-state index in [0.29, 0.717) is 11.5 Å². The minimum atomic E-state index is -0.945. The first kappa shape index (κ1) is 40.2. The van der Waals surface area contributed by atoms with Gasteiger partial charge in [0.05, 0.1) is 38.6 Å². The molecule has 2 aliphatic rings. The van der Waals surface area contributed by atoms with Crippen molar-refractivity contribution in [3.63, 3.8) is 0 Å². The molecule has 0 aromatic carbocycles. The van der Waals surface area contributed by atoms with E-state index in [4.69, 9.17) is 31.2 Å². The van der Waals surface area contributed by atoms with Gasteiger partial charge in [0.15, 0.2) is 12.1 Å². The largest absolute Gasteiger partial charge is 0.467 e. The third-order valence-electron chi connectivity index (χ3n) is 6.47. The molecular formula is C30H48N4O11S.